The van der Waals surface area contributed by atoms with Gasteiger partial charge in [-0.05, 0) is 24.5 Å². The van der Waals surface area contributed by atoms with E-state index >= 15 is 0 Å². The molecule has 2 N–H and O–H groups in total. The molecular formula is C21H25ClF3N5O3S. The standard InChI is InChI=1S/C21H25ClF3N5O3S/c1-12-11-30(34(32,33)7-5-17(31)27-14-8-21(24,25)9-14)6-4-15(12)18-19(22)29-20(28-18)16-3-2-13(23)10-26-16/h2-3,10,12,14-15H,4-9,11H2,1H3,(H,27,31)(H,28,29)/t12-,15+/m0/s1. The molecule has 2 fully saturated rings. The first-order valence-corrected chi connectivity index (χ1v) is 12.9. The Morgan fingerprint density at radius 1 is 1.35 bits per heavy atom. The molecule has 0 aromatic carbocycles. The molecule has 2 atom stereocenters. The van der Waals surface area contributed by atoms with Gasteiger partial charge in [0.1, 0.15) is 11.5 Å². The van der Waals surface area contributed by atoms with Crippen LogP contribution in [0.2, 0.25) is 5.15 Å². The lowest BCUT2D eigenvalue weighted by Crippen LogP contribution is -2.51. The molecule has 2 aliphatic rings. The number of rotatable bonds is 7. The van der Waals surface area contributed by atoms with E-state index in [1.54, 1.807) is 0 Å². The predicted octanol–water partition coefficient (Wildman–Crippen LogP) is 3.32. The number of carbonyl (C=O) groups is 1. The average molecular weight is 520 g/mol. The molecule has 186 valence electrons. The molecule has 1 amide bonds. The van der Waals surface area contributed by atoms with Crippen LogP contribution in [0.1, 0.15) is 44.2 Å². The molecule has 0 unspecified atom stereocenters. The Kier molecular flexibility index (Phi) is 6.94. The third-order valence-electron chi connectivity index (χ3n) is 6.33. The van der Waals surface area contributed by atoms with Crippen LogP contribution in [-0.2, 0) is 14.8 Å². The van der Waals surface area contributed by atoms with Crippen LogP contribution in [0.5, 0.6) is 0 Å². The van der Waals surface area contributed by atoms with Gasteiger partial charge >= 0.3 is 0 Å². The van der Waals surface area contributed by atoms with Crippen LogP contribution in [0.4, 0.5) is 13.2 Å². The van der Waals surface area contributed by atoms with E-state index in [2.05, 4.69) is 20.3 Å². The molecule has 1 aliphatic carbocycles. The Morgan fingerprint density at radius 3 is 2.71 bits per heavy atom. The van der Waals surface area contributed by atoms with Crippen molar-refractivity contribution in [3.05, 3.63) is 35.0 Å². The van der Waals surface area contributed by atoms with Gasteiger partial charge in [-0.25, -0.2) is 35.9 Å². The third kappa shape index (κ3) is 5.55. The lowest BCUT2D eigenvalue weighted by Gasteiger charge is -2.36. The summed E-state index contributed by atoms with van der Waals surface area (Å²) < 4.78 is 65.8. The fourth-order valence-corrected chi connectivity index (χ4v) is 6.27. The summed E-state index contributed by atoms with van der Waals surface area (Å²) in [4.78, 5) is 23.4. The molecule has 13 heteroatoms. The molecule has 34 heavy (non-hydrogen) atoms. The van der Waals surface area contributed by atoms with Crippen LogP contribution in [-0.4, -0.2) is 64.4 Å². The molecule has 1 aliphatic heterocycles. The van der Waals surface area contributed by atoms with Crippen molar-refractivity contribution in [3.63, 3.8) is 0 Å². The summed E-state index contributed by atoms with van der Waals surface area (Å²) in [5, 5.41) is 2.71. The summed E-state index contributed by atoms with van der Waals surface area (Å²) in [5.41, 5.74) is 1.11. The predicted molar refractivity (Wildman–Crippen MR) is 119 cm³/mol. The number of hydrogen-bond acceptors (Lipinski definition) is 5. The van der Waals surface area contributed by atoms with Gasteiger partial charge in [0.2, 0.25) is 15.9 Å². The highest BCUT2D eigenvalue weighted by Crippen LogP contribution is 2.38. The maximum atomic E-state index is 13.1. The van der Waals surface area contributed by atoms with Gasteiger partial charge in [-0.2, -0.15) is 0 Å². The van der Waals surface area contributed by atoms with E-state index in [1.807, 2.05) is 6.92 Å². The number of imidazole rings is 1. The molecule has 4 rings (SSSR count). The van der Waals surface area contributed by atoms with Crippen molar-refractivity contribution in [3.8, 4) is 11.5 Å². The Balaban J connectivity index is 1.34. The molecule has 2 aromatic rings. The molecule has 0 spiro atoms. The van der Waals surface area contributed by atoms with Gasteiger partial charge in [0, 0.05) is 44.3 Å². The second-order valence-electron chi connectivity index (χ2n) is 8.98. The minimum absolute atomic E-state index is 0.0794. The Hall–Kier alpha value is -2.18. The molecule has 1 saturated carbocycles. The van der Waals surface area contributed by atoms with Crippen molar-refractivity contribution in [2.75, 3.05) is 18.8 Å². The van der Waals surface area contributed by atoms with Crippen molar-refractivity contribution >= 4 is 27.5 Å². The second kappa shape index (κ2) is 9.46. The summed E-state index contributed by atoms with van der Waals surface area (Å²) in [6.07, 6.45) is 0.470. The molecule has 2 aromatic heterocycles. The smallest absolute Gasteiger partial charge is 0.252 e. The van der Waals surface area contributed by atoms with Gasteiger partial charge in [-0.15, -0.1) is 0 Å². The van der Waals surface area contributed by atoms with Gasteiger partial charge in [-0.1, -0.05) is 18.5 Å². The summed E-state index contributed by atoms with van der Waals surface area (Å²) in [6, 6.07) is 2.15. The topological polar surface area (TPSA) is 108 Å². The summed E-state index contributed by atoms with van der Waals surface area (Å²) >= 11 is 6.34. The highest BCUT2D eigenvalue weighted by Gasteiger charge is 2.46. The van der Waals surface area contributed by atoms with E-state index in [4.69, 9.17) is 11.6 Å². The minimum atomic E-state index is -3.70. The summed E-state index contributed by atoms with van der Waals surface area (Å²) in [5.74, 6) is -3.92. The number of nitrogens with one attached hydrogen (secondary N) is 2. The van der Waals surface area contributed by atoms with Crippen LogP contribution >= 0.6 is 11.6 Å². The maximum absolute atomic E-state index is 13.1. The Morgan fingerprint density at radius 2 is 2.09 bits per heavy atom. The van der Waals surface area contributed by atoms with Crippen molar-refractivity contribution in [2.24, 2.45) is 5.92 Å². The number of hydrogen-bond donors (Lipinski definition) is 2. The van der Waals surface area contributed by atoms with Crippen molar-refractivity contribution in [1.82, 2.24) is 24.6 Å². The lowest BCUT2D eigenvalue weighted by molar-refractivity contribution is -0.128. The van der Waals surface area contributed by atoms with E-state index in [0.29, 0.717) is 23.6 Å². The highest BCUT2D eigenvalue weighted by atomic mass is 35.5. The number of aromatic nitrogens is 3. The average Bonchev–Trinajstić information content (AvgIpc) is 3.13. The lowest BCUT2D eigenvalue weighted by atomic mass is 9.86. The van der Waals surface area contributed by atoms with E-state index in [9.17, 15) is 26.4 Å². The Labute approximate surface area is 200 Å². The number of sulfonamides is 1. The number of aromatic amines is 1. The van der Waals surface area contributed by atoms with Crippen molar-refractivity contribution in [1.29, 1.82) is 0 Å². The first kappa shape index (κ1) is 24.9. The summed E-state index contributed by atoms with van der Waals surface area (Å²) in [7, 11) is -3.70. The molecule has 1 saturated heterocycles. The Bertz CT molecular complexity index is 1150. The van der Waals surface area contributed by atoms with Gasteiger partial charge in [0.05, 0.1) is 17.6 Å². The maximum Gasteiger partial charge on any atom is 0.252 e. The van der Waals surface area contributed by atoms with E-state index < -0.39 is 46.6 Å². The first-order chi connectivity index (χ1) is 15.9. The SMILES string of the molecule is C[C@H]1CN(S(=O)(=O)CCC(=O)NC2CC(F)(F)C2)CC[C@H]1c1[nH]c(-c2ccc(F)cn2)nc1Cl. The zero-order valence-corrected chi connectivity index (χ0v) is 20.0. The van der Waals surface area contributed by atoms with E-state index in [1.165, 1.54) is 16.4 Å². The zero-order valence-electron chi connectivity index (χ0n) is 18.4. The molecule has 8 nitrogen and oxygen atoms in total. The number of piperidine rings is 1. The van der Waals surface area contributed by atoms with Gasteiger partial charge in [0.25, 0.3) is 5.92 Å². The van der Waals surface area contributed by atoms with Crippen LogP contribution in [0.25, 0.3) is 11.5 Å². The second-order valence-corrected chi connectivity index (χ2v) is 11.4. The minimum Gasteiger partial charge on any atom is -0.353 e. The fraction of sp³-hybridized carbons (Fsp3) is 0.571. The zero-order chi connectivity index (χ0) is 24.7. The number of H-pyrrole nitrogens is 1. The number of carbonyl (C=O) groups excluding carboxylic acids is 1. The van der Waals surface area contributed by atoms with Gasteiger partial charge < -0.3 is 10.3 Å². The number of nitrogens with zero attached hydrogens (tertiary/aromatic N) is 3. The van der Waals surface area contributed by atoms with Crippen LogP contribution in [0.3, 0.4) is 0 Å². The molecular weight excluding hydrogens is 495 g/mol. The number of amides is 1. The fourth-order valence-electron chi connectivity index (χ4n) is 4.45. The van der Waals surface area contributed by atoms with E-state index in [-0.39, 0.29) is 42.3 Å². The molecule has 0 bridgehead atoms. The first-order valence-electron chi connectivity index (χ1n) is 11.0. The highest BCUT2D eigenvalue weighted by molar-refractivity contribution is 7.89. The van der Waals surface area contributed by atoms with E-state index in [0.717, 1.165) is 6.20 Å². The van der Waals surface area contributed by atoms with Crippen LogP contribution in [0, 0.1) is 11.7 Å². The monoisotopic (exact) mass is 519 g/mol. The van der Waals surface area contributed by atoms with Crippen LogP contribution < -0.4 is 5.32 Å². The number of halogens is 4. The number of alkyl halides is 2. The summed E-state index contributed by atoms with van der Waals surface area (Å²) in [6.45, 7) is 2.39. The van der Waals surface area contributed by atoms with Gasteiger partial charge in [0.15, 0.2) is 11.0 Å². The largest absolute Gasteiger partial charge is 0.353 e. The van der Waals surface area contributed by atoms with Crippen molar-refractivity contribution in [2.45, 2.75) is 50.5 Å². The normalized spacial score (nSPS) is 23.4. The van der Waals surface area contributed by atoms with Gasteiger partial charge in [-0.3, -0.25) is 4.79 Å². The van der Waals surface area contributed by atoms with Crippen LogP contribution in [0.15, 0.2) is 18.3 Å². The van der Waals surface area contributed by atoms with Crippen molar-refractivity contribution < 1.29 is 26.4 Å². The molecule has 3 heterocycles. The third-order valence-corrected chi connectivity index (χ3v) is 8.46. The quantitative estimate of drug-likeness (QED) is 0.583. The number of pyridine rings is 1. The molecule has 0 radical (unpaired) electrons.